The molecule has 0 bridgehead atoms. The highest BCUT2D eigenvalue weighted by Crippen LogP contribution is 2.33. The summed E-state index contributed by atoms with van der Waals surface area (Å²) in [6.45, 7) is 6.70. The lowest BCUT2D eigenvalue weighted by molar-refractivity contribution is -0.141. The third-order valence-electron chi connectivity index (χ3n) is 2.79. The molecule has 0 saturated carbocycles. The van der Waals surface area contributed by atoms with Gasteiger partial charge in [-0.15, -0.1) is 5.11 Å². The fourth-order valence-electron chi connectivity index (χ4n) is 1.86. The lowest BCUT2D eigenvalue weighted by atomic mass is 10.1. The molecule has 1 aromatic carbocycles. The fraction of sp³-hybridized carbons (Fsp3) is 0.412. The summed E-state index contributed by atoms with van der Waals surface area (Å²) in [5, 5.41) is 6.83. The molecule has 0 aliphatic rings. The van der Waals surface area contributed by atoms with Crippen molar-refractivity contribution in [3.05, 3.63) is 41.6 Å². The number of carbonyl (C=O) groups excluding carboxylic acids is 1. The van der Waals surface area contributed by atoms with Gasteiger partial charge < -0.3 is 9.47 Å². The topological polar surface area (TPSA) is 96.1 Å². The largest absolute Gasteiger partial charge is 0.491 e. The van der Waals surface area contributed by atoms with Gasteiger partial charge in [0, 0.05) is 17.8 Å². The standard InChI is InChI=1S/C17H21F3N4O3/c1-10(2)26-14-8-12(7-13(9-14)17(18,19)20)16(23-21)24-22-6-5-15(25)27-11(3)4/h5-11,21-22H,1-4H3/b6-5-,23-21?,24-16-. The molecule has 7 nitrogen and oxygen atoms in total. The van der Waals surface area contributed by atoms with Crippen LogP contribution < -0.4 is 10.2 Å². The Kier molecular flexibility index (Phi) is 7.95. The molecule has 0 unspecified atom stereocenters. The van der Waals surface area contributed by atoms with Crippen molar-refractivity contribution in [3.8, 4) is 5.75 Å². The molecule has 0 saturated heterocycles. The smallest absolute Gasteiger partial charge is 0.416 e. The van der Waals surface area contributed by atoms with Gasteiger partial charge in [0.15, 0.2) is 0 Å². The second kappa shape index (κ2) is 9.70. The second-order valence-electron chi connectivity index (χ2n) is 5.91. The van der Waals surface area contributed by atoms with Crippen molar-refractivity contribution in [2.24, 2.45) is 10.2 Å². The molecule has 0 aliphatic heterocycles. The van der Waals surface area contributed by atoms with Crippen LogP contribution in [-0.2, 0) is 15.7 Å². The Morgan fingerprint density at radius 2 is 1.85 bits per heavy atom. The third-order valence-corrected chi connectivity index (χ3v) is 2.79. The Labute approximate surface area is 154 Å². The van der Waals surface area contributed by atoms with Gasteiger partial charge in [0.25, 0.3) is 0 Å². The first-order valence-corrected chi connectivity index (χ1v) is 8.00. The van der Waals surface area contributed by atoms with Crippen molar-refractivity contribution in [2.75, 3.05) is 0 Å². The number of halogens is 3. The molecule has 0 aromatic heterocycles. The summed E-state index contributed by atoms with van der Waals surface area (Å²) in [5.74, 6) is -0.970. The highest BCUT2D eigenvalue weighted by molar-refractivity contribution is 5.99. The van der Waals surface area contributed by atoms with Crippen molar-refractivity contribution in [2.45, 2.75) is 46.1 Å². The van der Waals surface area contributed by atoms with E-state index in [0.29, 0.717) is 0 Å². The number of nitrogens with one attached hydrogen (secondary N) is 2. The minimum Gasteiger partial charge on any atom is -0.491 e. The lowest BCUT2D eigenvalue weighted by Gasteiger charge is -2.14. The molecule has 27 heavy (non-hydrogen) atoms. The first kappa shape index (κ1) is 22.1. The monoisotopic (exact) mass is 386 g/mol. The van der Waals surface area contributed by atoms with Crippen LogP contribution in [0.4, 0.5) is 13.2 Å². The van der Waals surface area contributed by atoms with E-state index in [0.717, 1.165) is 24.4 Å². The van der Waals surface area contributed by atoms with Crippen LogP contribution >= 0.6 is 0 Å². The van der Waals surface area contributed by atoms with Gasteiger partial charge in [0.05, 0.1) is 17.8 Å². The van der Waals surface area contributed by atoms with Crippen LogP contribution in [-0.4, -0.2) is 24.0 Å². The maximum atomic E-state index is 13.1. The van der Waals surface area contributed by atoms with Crippen LogP contribution in [0.5, 0.6) is 5.75 Å². The Balaban J connectivity index is 3.09. The Hall–Kier alpha value is -2.91. The summed E-state index contributed by atoms with van der Waals surface area (Å²) >= 11 is 0. The minimum atomic E-state index is -4.60. The Morgan fingerprint density at radius 3 is 2.37 bits per heavy atom. The summed E-state index contributed by atoms with van der Waals surface area (Å²) in [6.07, 6.45) is -3.08. The Morgan fingerprint density at radius 1 is 1.19 bits per heavy atom. The van der Waals surface area contributed by atoms with E-state index in [4.69, 9.17) is 15.0 Å². The first-order valence-electron chi connectivity index (χ1n) is 8.00. The summed E-state index contributed by atoms with van der Waals surface area (Å²) in [7, 11) is 0. The number of hydrogen-bond acceptors (Lipinski definition) is 6. The number of hydrogen-bond donors (Lipinski definition) is 2. The third kappa shape index (κ3) is 7.89. The van der Waals surface area contributed by atoms with Crippen LogP contribution in [0.2, 0.25) is 0 Å². The zero-order chi connectivity index (χ0) is 20.6. The molecule has 1 aromatic rings. The second-order valence-corrected chi connectivity index (χ2v) is 5.91. The van der Waals surface area contributed by atoms with Crippen molar-refractivity contribution < 1.29 is 27.4 Å². The van der Waals surface area contributed by atoms with Gasteiger partial charge in [0.2, 0.25) is 5.84 Å². The molecule has 0 amide bonds. The molecule has 0 aliphatic carbocycles. The minimum absolute atomic E-state index is 0.0257. The van der Waals surface area contributed by atoms with E-state index < -0.39 is 17.7 Å². The molecule has 1 rings (SSSR count). The van der Waals surface area contributed by atoms with E-state index in [-0.39, 0.29) is 29.4 Å². The average molecular weight is 386 g/mol. The molecule has 0 fully saturated rings. The van der Waals surface area contributed by atoms with E-state index in [1.807, 2.05) is 0 Å². The number of esters is 1. The van der Waals surface area contributed by atoms with Gasteiger partial charge in [-0.05, 0) is 45.9 Å². The predicted octanol–water partition coefficient (Wildman–Crippen LogP) is 4.24. The van der Waals surface area contributed by atoms with Crippen LogP contribution in [0, 0.1) is 5.53 Å². The molecule has 10 heteroatoms. The van der Waals surface area contributed by atoms with Crippen LogP contribution in [0.1, 0.15) is 38.8 Å². The van der Waals surface area contributed by atoms with E-state index >= 15 is 0 Å². The van der Waals surface area contributed by atoms with Crippen LogP contribution in [0.15, 0.2) is 40.7 Å². The van der Waals surface area contributed by atoms with Crippen molar-refractivity contribution in [3.63, 3.8) is 0 Å². The normalized spacial score (nSPS) is 12.6. The van der Waals surface area contributed by atoms with E-state index in [9.17, 15) is 18.0 Å². The van der Waals surface area contributed by atoms with E-state index in [1.54, 1.807) is 27.7 Å². The van der Waals surface area contributed by atoms with Crippen molar-refractivity contribution in [1.29, 1.82) is 5.53 Å². The maximum absolute atomic E-state index is 13.1. The zero-order valence-corrected chi connectivity index (χ0v) is 15.3. The molecule has 0 atom stereocenters. The summed E-state index contributed by atoms with van der Waals surface area (Å²) in [5.41, 5.74) is 8.47. The number of hydrazone groups is 1. The number of ether oxygens (including phenoxy) is 2. The van der Waals surface area contributed by atoms with Crippen LogP contribution in [0.25, 0.3) is 0 Å². The summed E-state index contributed by atoms with van der Waals surface area (Å²) in [4.78, 5) is 11.3. The van der Waals surface area contributed by atoms with Crippen molar-refractivity contribution in [1.82, 2.24) is 5.43 Å². The molecule has 2 N–H and O–H groups in total. The molecule has 0 heterocycles. The molecule has 0 radical (unpaired) electrons. The zero-order valence-electron chi connectivity index (χ0n) is 15.3. The highest BCUT2D eigenvalue weighted by atomic mass is 19.4. The predicted molar refractivity (Wildman–Crippen MR) is 92.4 cm³/mol. The van der Waals surface area contributed by atoms with Gasteiger partial charge in [-0.1, -0.05) is 0 Å². The lowest BCUT2D eigenvalue weighted by Crippen LogP contribution is -2.12. The number of rotatable bonds is 7. The molecular formula is C17H21F3N4O3. The maximum Gasteiger partial charge on any atom is 0.416 e. The number of amidine groups is 1. The summed E-state index contributed by atoms with van der Waals surface area (Å²) < 4.78 is 49.5. The van der Waals surface area contributed by atoms with Crippen LogP contribution in [0.3, 0.4) is 0 Å². The quantitative estimate of drug-likeness (QED) is 0.183. The van der Waals surface area contributed by atoms with E-state index in [1.165, 1.54) is 6.07 Å². The number of nitrogens with zero attached hydrogens (tertiary/aromatic N) is 2. The van der Waals surface area contributed by atoms with Gasteiger partial charge >= 0.3 is 12.1 Å². The first-order chi connectivity index (χ1) is 12.5. The SMILES string of the molecule is CC(C)OC(=O)/C=C\N/N=C(\N=N)c1cc(OC(C)C)cc(C(F)(F)F)c1. The van der Waals surface area contributed by atoms with Gasteiger partial charge in [0.1, 0.15) is 5.75 Å². The average Bonchev–Trinajstić information content (AvgIpc) is 2.52. The fourth-order valence-corrected chi connectivity index (χ4v) is 1.86. The molecule has 0 spiro atoms. The number of benzene rings is 1. The van der Waals surface area contributed by atoms with Gasteiger partial charge in [-0.25, -0.2) is 10.3 Å². The number of carbonyl (C=O) groups is 1. The summed E-state index contributed by atoms with van der Waals surface area (Å²) in [6, 6.07) is 2.97. The number of alkyl halides is 3. The van der Waals surface area contributed by atoms with Gasteiger partial charge in [-0.2, -0.15) is 18.3 Å². The highest BCUT2D eigenvalue weighted by Gasteiger charge is 2.32. The van der Waals surface area contributed by atoms with Crippen molar-refractivity contribution >= 4 is 11.8 Å². The van der Waals surface area contributed by atoms with Gasteiger partial charge in [-0.3, -0.25) is 5.43 Å². The molecular weight excluding hydrogens is 365 g/mol. The Bertz CT molecular complexity index is 729. The molecule has 148 valence electrons. The van der Waals surface area contributed by atoms with E-state index in [2.05, 4.69) is 15.6 Å².